The highest BCUT2D eigenvalue weighted by Crippen LogP contribution is 2.27. The number of aromatic nitrogens is 3. The number of hydrogen-bond acceptors (Lipinski definition) is 4. The summed E-state index contributed by atoms with van der Waals surface area (Å²) in [7, 11) is 1.79. The zero-order valence-corrected chi connectivity index (χ0v) is 18.2. The van der Waals surface area contributed by atoms with E-state index in [0.29, 0.717) is 23.2 Å². The van der Waals surface area contributed by atoms with Crippen molar-refractivity contribution >= 4 is 17.0 Å². The normalized spacial score (nSPS) is 14.4. The SMILES string of the molecule is CC.Cc1cccc(C)c1-c1cc2cnc(NC3CCCCC3)nc2n(C)c1=O. The molecule has 0 unspecified atom stereocenters. The monoisotopic (exact) mass is 392 g/mol. The Kier molecular flexibility index (Phi) is 6.68. The number of rotatable bonds is 3. The molecule has 1 fully saturated rings. The Hall–Kier alpha value is -2.69. The van der Waals surface area contributed by atoms with Gasteiger partial charge < -0.3 is 5.32 Å². The van der Waals surface area contributed by atoms with Gasteiger partial charge in [0.25, 0.3) is 5.56 Å². The number of nitrogens with one attached hydrogen (secondary N) is 1. The molecule has 0 amide bonds. The molecule has 4 rings (SSSR count). The Morgan fingerprint density at radius 3 is 2.38 bits per heavy atom. The molecular formula is C24H32N4O. The third kappa shape index (κ3) is 4.34. The number of fused-ring (bicyclic) bond motifs is 1. The van der Waals surface area contributed by atoms with Gasteiger partial charge in [-0.2, -0.15) is 4.98 Å². The van der Waals surface area contributed by atoms with Gasteiger partial charge in [-0.25, -0.2) is 4.98 Å². The van der Waals surface area contributed by atoms with Crippen molar-refractivity contribution in [3.05, 3.63) is 51.9 Å². The van der Waals surface area contributed by atoms with Crippen LogP contribution in [0.1, 0.15) is 57.1 Å². The number of aryl methyl sites for hydroxylation is 3. The van der Waals surface area contributed by atoms with Crippen molar-refractivity contribution in [3.8, 4) is 11.1 Å². The quantitative estimate of drug-likeness (QED) is 0.650. The van der Waals surface area contributed by atoms with Crippen LogP contribution in [0.5, 0.6) is 0 Å². The molecule has 1 aliphatic carbocycles. The van der Waals surface area contributed by atoms with E-state index in [1.165, 1.54) is 19.3 Å². The third-order valence-electron chi connectivity index (χ3n) is 5.64. The van der Waals surface area contributed by atoms with Crippen LogP contribution < -0.4 is 10.9 Å². The van der Waals surface area contributed by atoms with Crippen molar-refractivity contribution in [2.45, 2.75) is 65.8 Å². The van der Waals surface area contributed by atoms with E-state index in [1.54, 1.807) is 11.6 Å². The minimum atomic E-state index is -0.0257. The first kappa shape index (κ1) is 21.0. The van der Waals surface area contributed by atoms with Gasteiger partial charge in [-0.1, -0.05) is 51.3 Å². The number of pyridine rings is 1. The number of hydrogen-bond donors (Lipinski definition) is 1. The highest BCUT2D eigenvalue weighted by Gasteiger charge is 2.17. The van der Waals surface area contributed by atoms with Gasteiger partial charge in [0.1, 0.15) is 5.65 Å². The largest absolute Gasteiger partial charge is 0.351 e. The van der Waals surface area contributed by atoms with E-state index >= 15 is 0 Å². The number of benzene rings is 1. The summed E-state index contributed by atoms with van der Waals surface area (Å²) in [4.78, 5) is 22.2. The number of nitrogens with zero attached hydrogens (tertiary/aromatic N) is 3. The molecule has 5 heteroatoms. The Morgan fingerprint density at radius 2 is 1.72 bits per heavy atom. The molecule has 3 aromatic rings. The van der Waals surface area contributed by atoms with Crippen molar-refractivity contribution in [3.63, 3.8) is 0 Å². The maximum absolute atomic E-state index is 13.1. The third-order valence-corrected chi connectivity index (χ3v) is 5.64. The van der Waals surface area contributed by atoms with Crippen LogP contribution in [0, 0.1) is 13.8 Å². The topological polar surface area (TPSA) is 59.8 Å². The summed E-state index contributed by atoms with van der Waals surface area (Å²) in [5.41, 5.74) is 4.55. The lowest BCUT2D eigenvalue weighted by Crippen LogP contribution is -2.24. The summed E-state index contributed by atoms with van der Waals surface area (Å²) in [5.74, 6) is 0.615. The van der Waals surface area contributed by atoms with Crippen LogP contribution in [-0.2, 0) is 7.05 Å². The molecule has 0 bridgehead atoms. The van der Waals surface area contributed by atoms with E-state index in [4.69, 9.17) is 0 Å². The van der Waals surface area contributed by atoms with Gasteiger partial charge >= 0.3 is 0 Å². The van der Waals surface area contributed by atoms with Crippen LogP contribution in [0.2, 0.25) is 0 Å². The smallest absolute Gasteiger partial charge is 0.259 e. The summed E-state index contributed by atoms with van der Waals surface area (Å²) < 4.78 is 1.64. The average molecular weight is 393 g/mol. The molecule has 29 heavy (non-hydrogen) atoms. The molecule has 0 radical (unpaired) electrons. The molecule has 2 heterocycles. The average Bonchev–Trinajstić information content (AvgIpc) is 2.74. The molecule has 154 valence electrons. The van der Waals surface area contributed by atoms with Crippen molar-refractivity contribution in [1.29, 1.82) is 0 Å². The maximum Gasteiger partial charge on any atom is 0.259 e. The second-order valence-electron chi connectivity index (χ2n) is 7.64. The second-order valence-corrected chi connectivity index (χ2v) is 7.64. The molecule has 2 aromatic heterocycles. The zero-order chi connectivity index (χ0) is 21.0. The summed E-state index contributed by atoms with van der Waals surface area (Å²) in [5, 5.41) is 4.33. The van der Waals surface area contributed by atoms with Crippen molar-refractivity contribution in [1.82, 2.24) is 14.5 Å². The maximum atomic E-state index is 13.1. The second kappa shape index (κ2) is 9.21. The first-order chi connectivity index (χ1) is 14.0. The van der Waals surface area contributed by atoms with E-state index in [2.05, 4.69) is 15.3 Å². The van der Waals surface area contributed by atoms with Crippen LogP contribution in [0.4, 0.5) is 5.95 Å². The molecule has 1 saturated carbocycles. The van der Waals surface area contributed by atoms with Gasteiger partial charge in [0.2, 0.25) is 5.95 Å². The van der Waals surface area contributed by atoms with Crippen LogP contribution in [0.3, 0.4) is 0 Å². The summed E-state index contributed by atoms with van der Waals surface area (Å²) in [6, 6.07) is 8.46. The molecule has 1 aliphatic rings. The molecule has 0 atom stereocenters. The fourth-order valence-corrected chi connectivity index (χ4v) is 4.16. The molecular weight excluding hydrogens is 360 g/mol. The first-order valence-corrected chi connectivity index (χ1v) is 10.7. The molecule has 0 spiro atoms. The van der Waals surface area contributed by atoms with E-state index in [9.17, 15) is 4.79 Å². The Morgan fingerprint density at radius 1 is 1.07 bits per heavy atom. The van der Waals surface area contributed by atoms with Gasteiger partial charge in [-0.05, 0) is 49.4 Å². The molecule has 0 aliphatic heterocycles. The number of anilines is 1. The van der Waals surface area contributed by atoms with Crippen LogP contribution in [0.15, 0.2) is 35.3 Å². The Balaban J connectivity index is 0.00000117. The predicted molar refractivity (Wildman–Crippen MR) is 122 cm³/mol. The van der Waals surface area contributed by atoms with Gasteiger partial charge in [0.05, 0.1) is 0 Å². The minimum Gasteiger partial charge on any atom is -0.351 e. The van der Waals surface area contributed by atoms with E-state index < -0.39 is 0 Å². The van der Waals surface area contributed by atoms with Crippen molar-refractivity contribution in [2.24, 2.45) is 7.05 Å². The summed E-state index contributed by atoms with van der Waals surface area (Å²) >= 11 is 0. The minimum absolute atomic E-state index is 0.0257. The van der Waals surface area contributed by atoms with Crippen LogP contribution in [0.25, 0.3) is 22.2 Å². The van der Waals surface area contributed by atoms with Crippen LogP contribution >= 0.6 is 0 Å². The first-order valence-electron chi connectivity index (χ1n) is 10.7. The summed E-state index contributed by atoms with van der Waals surface area (Å²) in [6.45, 7) is 8.08. The fraction of sp³-hybridized carbons (Fsp3) is 0.458. The Labute approximate surface area is 173 Å². The lowest BCUT2D eigenvalue weighted by molar-refractivity contribution is 0.461. The van der Waals surface area contributed by atoms with Gasteiger partial charge in [0, 0.05) is 30.2 Å². The molecule has 1 N–H and O–H groups in total. The van der Waals surface area contributed by atoms with Crippen molar-refractivity contribution < 1.29 is 0 Å². The van der Waals surface area contributed by atoms with Gasteiger partial charge in [0.15, 0.2) is 0 Å². The summed E-state index contributed by atoms with van der Waals surface area (Å²) in [6.07, 6.45) is 7.96. The predicted octanol–water partition coefficient (Wildman–Crippen LogP) is 5.38. The van der Waals surface area contributed by atoms with E-state index in [0.717, 1.165) is 34.9 Å². The lowest BCUT2D eigenvalue weighted by Gasteiger charge is -2.22. The van der Waals surface area contributed by atoms with Crippen molar-refractivity contribution in [2.75, 3.05) is 5.32 Å². The molecule has 1 aromatic carbocycles. The standard InChI is InChI=1S/C22H26N4O.C2H6/c1-14-8-7-9-15(2)19(14)18-12-16-13-23-22(24-17-10-5-4-6-11-17)25-20(16)26(3)21(18)27;1-2/h7-9,12-13,17H,4-6,10-11H2,1-3H3,(H,23,24,25);1-2H3. The van der Waals surface area contributed by atoms with Gasteiger partial charge in [-0.3, -0.25) is 9.36 Å². The Bertz CT molecular complexity index is 1030. The van der Waals surface area contributed by atoms with E-state index in [1.807, 2.05) is 58.2 Å². The van der Waals surface area contributed by atoms with Crippen LogP contribution in [-0.4, -0.2) is 20.6 Å². The highest BCUT2D eigenvalue weighted by atomic mass is 16.1. The lowest BCUT2D eigenvalue weighted by atomic mass is 9.96. The van der Waals surface area contributed by atoms with Gasteiger partial charge in [-0.15, -0.1) is 0 Å². The zero-order valence-electron chi connectivity index (χ0n) is 18.2. The highest BCUT2D eigenvalue weighted by molar-refractivity contribution is 5.83. The van der Waals surface area contributed by atoms with E-state index in [-0.39, 0.29) is 5.56 Å². The molecule has 0 saturated heterocycles. The fourth-order valence-electron chi connectivity index (χ4n) is 4.16. The molecule has 5 nitrogen and oxygen atoms in total.